The van der Waals surface area contributed by atoms with E-state index < -0.39 is 0 Å². The maximum atomic E-state index is 13.8. The van der Waals surface area contributed by atoms with Gasteiger partial charge in [-0.15, -0.1) is 0 Å². The molecule has 0 saturated carbocycles. The van der Waals surface area contributed by atoms with Crippen molar-refractivity contribution in [2.75, 3.05) is 25.5 Å². The van der Waals surface area contributed by atoms with Crippen LogP contribution in [0.15, 0.2) is 36.5 Å². The number of halogens is 1. The van der Waals surface area contributed by atoms with Crippen molar-refractivity contribution in [1.82, 2.24) is 19.9 Å². The number of para-hydroxylation sites is 1. The van der Waals surface area contributed by atoms with Gasteiger partial charge in [-0.2, -0.15) is 0 Å². The monoisotopic (exact) mass is 341 g/mol. The number of benzene rings is 1. The molecule has 3 rings (SSSR count). The third-order valence-corrected chi connectivity index (χ3v) is 4.04. The molecule has 0 unspecified atom stereocenters. The van der Waals surface area contributed by atoms with Crippen LogP contribution in [-0.4, -0.2) is 41.1 Å². The van der Waals surface area contributed by atoms with E-state index >= 15 is 0 Å². The van der Waals surface area contributed by atoms with E-state index in [1.165, 1.54) is 6.07 Å². The number of rotatable bonds is 5. The number of carbonyl (C=O) groups is 1. The van der Waals surface area contributed by atoms with Crippen LogP contribution in [0.1, 0.15) is 16.2 Å². The molecule has 0 aliphatic heterocycles. The summed E-state index contributed by atoms with van der Waals surface area (Å²) in [7, 11) is 5.53. The van der Waals surface area contributed by atoms with E-state index in [1.807, 2.05) is 31.8 Å². The summed E-state index contributed by atoms with van der Waals surface area (Å²) in [6.07, 6.45) is 2.16. The van der Waals surface area contributed by atoms with E-state index in [0.717, 1.165) is 11.3 Å². The third-order valence-electron chi connectivity index (χ3n) is 4.04. The summed E-state index contributed by atoms with van der Waals surface area (Å²) in [6.45, 7) is 0.402. The van der Waals surface area contributed by atoms with Crippen molar-refractivity contribution in [2.45, 2.75) is 6.42 Å². The van der Waals surface area contributed by atoms with Crippen molar-refractivity contribution in [1.29, 1.82) is 0 Å². The molecule has 2 heterocycles. The highest BCUT2D eigenvalue weighted by Gasteiger charge is 2.14. The Balaban J connectivity index is 1.71. The molecule has 1 aromatic carbocycles. The summed E-state index contributed by atoms with van der Waals surface area (Å²) in [5.74, 6) is 0.806. The number of fused-ring (bicyclic) bond motifs is 1. The number of pyridine rings is 1. The van der Waals surface area contributed by atoms with E-state index in [-0.39, 0.29) is 11.7 Å². The molecule has 0 spiro atoms. The van der Waals surface area contributed by atoms with Crippen molar-refractivity contribution in [3.8, 4) is 0 Å². The normalized spacial score (nSPS) is 10.9. The van der Waals surface area contributed by atoms with Gasteiger partial charge in [0.05, 0.1) is 11.1 Å². The number of aromatic nitrogens is 3. The van der Waals surface area contributed by atoms with E-state index in [1.54, 1.807) is 29.3 Å². The van der Waals surface area contributed by atoms with Crippen LogP contribution >= 0.6 is 0 Å². The predicted molar refractivity (Wildman–Crippen MR) is 95.3 cm³/mol. The van der Waals surface area contributed by atoms with Crippen molar-refractivity contribution in [3.05, 3.63) is 53.7 Å². The van der Waals surface area contributed by atoms with Gasteiger partial charge in [0.2, 0.25) is 0 Å². The molecule has 1 amide bonds. The van der Waals surface area contributed by atoms with Gasteiger partial charge in [0, 0.05) is 40.3 Å². The maximum absolute atomic E-state index is 13.8. The lowest BCUT2D eigenvalue weighted by molar-refractivity contribution is 0.0954. The molecule has 0 aliphatic carbocycles. The van der Waals surface area contributed by atoms with Crippen LogP contribution in [0.2, 0.25) is 0 Å². The zero-order valence-electron chi connectivity index (χ0n) is 14.5. The first-order valence-electron chi connectivity index (χ1n) is 7.99. The Morgan fingerprint density at radius 3 is 2.80 bits per heavy atom. The smallest absolute Gasteiger partial charge is 0.255 e. The quantitative estimate of drug-likeness (QED) is 0.772. The molecule has 6 nitrogen and oxygen atoms in total. The van der Waals surface area contributed by atoms with Crippen LogP contribution in [0, 0.1) is 5.82 Å². The van der Waals surface area contributed by atoms with Crippen molar-refractivity contribution in [2.24, 2.45) is 7.05 Å². The molecule has 3 aromatic rings. The Morgan fingerprint density at radius 1 is 1.28 bits per heavy atom. The van der Waals surface area contributed by atoms with Gasteiger partial charge >= 0.3 is 0 Å². The fraction of sp³-hybridized carbons (Fsp3) is 0.278. The molecule has 0 bridgehead atoms. The van der Waals surface area contributed by atoms with Gasteiger partial charge < -0.3 is 14.8 Å². The Kier molecular flexibility index (Phi) is 4.65. The number of carbonyl (C=O) groups excluding carboxylic acids is 1. The number of nitrogens with one attached hydrogen (secondary N) is 1. The zero-order chi connectivity index (χ0) is 18.0. The van der Waals surface area contributed by atoms with Crippen LogP contribution in [0.3, 0.4) is 0 Å². The molecule has 1 N–H and O–H groups in total. The fourth-order valence-corrected chi connectivity index (χ4v) is 2.77. The minimum atomic E-state index is -0.339. The molecule has 0 saturated heterocycles. The lowest BCUT2D eigenvalue weighted by atomic mass is 10.2. The van der Waals surface area contributed by atoms with Gasteiger partial charge in [0.15, 0.2) is 5.82 Å². The van der Waals surface area contributed by atoms with E-state index in [2.05, 4.69) is 15.3 Å². The molecule has 130 valence electrons. The van der Waals surface area contributed by atoms with Crippen LogP contribution in [0.25, 0.3) is 11.0 Å². The highest BCUT2D eigenvalue weighted by molar-refractivity contribution is 5.98. The number of hydrogen-bond acceptors (Lipinski definition) is 4. The second-order valence-electron chi connectivity index (χ2n) is 5.97. The van der Waals surface area contributed by atoms with E-state index in [0.29, 0.717) is 29.9 Å². The van der Waals surface area contributed by atoms with Crippen LogP contribution in [0.4, 0.5) is 10.2 Å². The highest BCUT2D eigenvalue weighted by atomic mass is 19.1. The Morgan fingerprint density at radius 2 is 2.08 bits per heavy atom. The second-order valence-corrected chi connectivity index (χ2v) is 5.97. The molecule has 7 heteroatoms. The van der Waals surface area contributed by atoms with Gasteiger partial charge in [-0.05, 0) is 24.3 Å². The molecule has 0 atom stereocenters. The number of aryl methyl sites for hydroxylation is 1. The molecular weight excluding hydrogens is 321 g/mol. The first-order valence-corrected chi connectivity index (χ1v) is 7.99. The molecule has 2 aromatic heterocycles. The first-order chi connectivity index (χ1) is 12.0. The number of imidazole rings is 1. The summed E-state index contributed by atoms with van der Waals surface area (Å²) in [6, 6.07) is 8.35. The van der Waals surface area contributed by atoms with Crippen molar-refractivity contribution < 1.29 is 9.18 Å². The number of anilines is 1. The third kappa shape index (κ3) is 3.31. The largest absolute Gasteiger partial charge is 0.362 e. The summed E-state index contributed by atoms with van der Waals surface area (Å²) >= 11 is 0. The van der Waals surface area contributed by atoms with Gasteiger partial charge in [0.25, 0.3) is 5.91 Å². The predicted octanol–water partition coefficient (Wildman–Crippen LogP) is 2.15. The molecule has 0 aliphatic rings. The first kappa shape index (κ1) is 16.9. The van der Waals surface area contributed by atoms with Gasteiger partial charge in [-0.25, -0.2) is 14.4 Å². The summed E-state index contributed by atoms with van der Waals surface area (Å²) in [5.41, 5.74) is 1.61. The minimum absolute atomic E-state index is 0.193. The van der Waals surface area contributed by atoms with Gasteiger partial charge in [-0.3, -0.25) is 4.79 Å². The van der Waals surface area contributed by atoms with Crippen molar-refractivity contribution in [3.63, 3.8) is 0 Å². The summed E-state index contributed by atoms with van der Waals surface area (Å²) < 4.78 is 15.7. The standard InChI is InChI=1S/C18H20FN5O/c1-23(2)17-12(6-5-10-20-17)18(25)21-11-9-15-22-16-13(19)7-4-8-14(16)24(15)3/h4-8,10H,9,11H2,1-3H3,(H,21,25). The molecule has 25 heavy (non-hydrogen) atoms. The topological polar surface area (TPSA) is 63.1 Å². The van der Waals surface area contributed by atoms with Gasteiger partial charge in [-0.1, -0.05) is 6.07 Å². The number of nitrogens with zero attached hydrogens (tertiary/aromatic N) is 4. The van der Waals surface area contributed by atoms with Crippen LogP contribution in [-0.2, 0) is 13.5 Å². The van der Waals surface area contributed by atoms with Crippen LogP contribution in [0.5, 0.6) is 0 Å². The molecule has 0 radical (unpaired) electrons. The average molecular weight is 341 g/mol. The molecular formula is C18H20FN5O. The minimum Gasteiger partial charge on any atom is -0.362 e. The second kappa shape index (κ2) is 6.88. The molecule has 0 fully saturated rings. The SMILES string of the molecule is CN(C)c1ncccc1C(=O)NCCc1nc2c(F)cccc2n1C. The van der Waals surface area contributed by atoms with Crippen LogP contribution < -0.4 is 10.2 Å². The summed E-state index contributed by atoms with van der Waals surface area (Å²) in [4.78, 5) is 22.8. The fourth-order valence-electron chi connectivity index (χ4n) is 2.77. The zero-order valence-corrected chi connectivity index (χ0v) is 14.5. The van der Waals surface area contributed by atoms with Gasteiger partial charge in [0.1, 0.15) is 17.2 Å². The van der Waals surface area contributed by atoms with Crippen molar-refractivity contribution >= 4 is 22.8 Å². The maximum Gasteiger partial charge on any atom is 0.255 e. The summed E-state index contributed by atoms with van der Waals surface area (Å²) in [5, 5.41) is 2.88. The number of amides is 1. The highest BCUT2D eigenvalue weighted by Crippen LogP contribution is 2.18. The van der Waals surface area contributed by atoms with E-state index in [9.17, 15) is 9.18 Å². The lowest BCUT2D eigenvalue weighted by Gasteiger charge is -2.15. The Hall–Kier alpha value is -2.96. The van der Waals surface area contributed by atoms with E-state index in [4.69, 9.17) is 0 Å². The number of hydrogen-bond donors (Lipinski definition) is 1. The Bertz CT molecular complexity index is 919. The Labute approximate surface area is 145 Å². The lowest BCUT2D eigenvalue weighted by Crippen LogP contribution is -2.28. The average Bonchev–Trinajstić information content (AvgIpc) is 2.93.